The van der Waals surface area contributed by atoms with Gasteiger partial charge in [0.05, 0.1) is 9.77 Å². The van der Waals surface area contributed by atoms with Crippen molar-refractivity contribution in [1.29, 1.82) is 0 Å². The Hall–Kier alpha value is -0.160. The normalized spacial score (nSPS) is 10.4. The lowest BCUT2D eigenvalue weighted by molar-refractivity contribution is 1.46. The van der Waals surface area contributed by atoms with Crippen LogP contribution >= 0.6 is 45.5 Å². The zero-order valence-electron chi connectivity index (χ0n) is 7.48. The van der Waals surface area contributed by atoms with Crippen LogP contribution in [-0.2, 0) is 0 Å². The Kier molecular flexibility index (Phi) is 3.07. The molecule has 1 aromatic heterocycles. The maximum atomic E-state index is 5.15. The molecule has 4 heteroatoms. The molecule has 1 aromatic carbocycles. The van der Waals surface area contributed by atoms with Crippen LogP contribution in [0.25, 0.3) is 10.4 Å². The zero-order valence-corrected chi connectivity index (χ0v) is 10.8. The van der Waals surface area contributed by atoms with Crippen molar-refractivity contribution >= 4 is 45.5 Å². The van der Waals surface area contributed by atoms with E-state index in [4.69, 9.17) is 12.2 Å². The van der Waals surface area contributed by atoms with Crippen LogP contribution in [0.3, 0.4) is 0 Å². The molecule has 0 unspecified atom stereocenters. The predicted octanol–water partition coefficient (Wildman–Crippen LogP) is 4.80. The third kappa shape index (κ3) is 1.93. The van der Waals surface area contributed by atoms with Crippen LogP contribution < -0.4 is 0 Å². The van der Waals surface area contributed by atoms with Crippen LogP contribution in [0.15, 0.2) is 29.2 Å². The van der Waals surface area contributed by atoms with Gasteiger partial charge in [-0.05, 0) is 12.5 Å². The highest BCUT2D eigenvalue weighted by atomic mass is 32.9. The van der Waals surface area contributed by atoms with Crippen LogP contribution in [0, 0.1) is 10.7 Å². The van der Waals surface area contributed by atoms with Gasteiger partial charge in [0, 0.05) is 0 Å². The molecular weight excluding hydrogens is 248 g/mol. The second kappa shape index (κ2) is 4.14. The first kappa shape index (κ1) is 10.4. The maximum Gasteiger partial charge on any atom is 0.115 e. The second-order valence-corrected chi connectivity index (χ2v) is 6.26. The van der Waals surface area contributed by atoms with Crippen molar-refractivity contribution < 1.29 is 0 Å². The van der Waals surface area contributed by atoms with Crippen molar-refractivity contribution in [2.45, 2.75) is 11.8 Å². The highest BCUT2D eigenvalue weighted by Crippen LogP contribution is 2.36. The van der Waals surface area contributed by atoms with E-state index in [-0.39, 0.29) is 0 Å². The number of thiol groups is 1. The highest BCUT2D eigenvalue weighted by Gasteiger charge is 2.06. The SMILES string of the molecule is Cc1ccc(-c2ssc(=S)c2S)cc1. The van der Waals surface area contributed by atoms with Gasteiger partial charge in [0.1, 0.15) is 3.82 Å². The molecule has 2 rings (SSSR count). The molecule has 0 aliphatic rings. The third-order valence-electron chi connectivity index (χ3n) is 1.92. The molecule has 0 nitrogen and oxygen atoms in total. The van der Waals surface area contributed by atoms with Gasteiger partial charge in [-0.2, -0.15) is 0 Å². The van der Waals surface area contributed by atoms with E-state index in [1.165, 1.54) is 16.0 Å². The van der Waals surface area contributed by atoms with Gasteiger partial charge in [-0.1, -0.05) is 62.7 Å². The molecular formula is C10H8S4. The summed E-state index contributed by atoms with van der Waals surface area (Å²) >= 11 is 9.57. The van der Waals surface area contributed by atoms with E-state index in [1.807, 2.05) is 0 Å². The first-order valence-electron chi connectivity index (χ1n) is 4.07. The van der Waals surface area contributed by atoms with E-state index in [1.54, 1.807) is 20.7 Å². The fourth-order valence-corrected chi connectivity index (χ4v) is 4.47. The van der Waals surface area contributed by atoms with Gasteiger partial charge in [0.25, 0.3) is 0 Å². The molecule has 0 spiro atoms. The number of aryl methyl sites for hydroxylation is 1. The zero-order chi connectivity index (χ0) is 10.1. The van der Waals surface area contributed by atoms with E-state index < -0.39 is 0 Å². The van der Waals surface area contributed by atoms with E-state index in [2.05, 4.69) is 43.8 Å². The summed E-state index contributed by atoms with van der Waals surface area (Å²) in [4.78, 5) is 2.13. The molecule has 0 radical (unpaired) electrons. The average molecular weight is 256 g/mol. The average Bonchev–Trinajstić information content (AvgIpc) is 2.50. The Bertz CT molecular complexity index is 490. The number of hydrogen-bond donors (Lipinski definition) is 1. The lowest BCUT2D eigenvalue weighted by atomic mass is 10.1. The first-order valence-corrected chi connectivity index (χ1v) is 7.08. The second-order valence-electron chi connectivity index (χ2n) is 3.00. The Morgan fingerprint density at radius 2 is 1.79 bits per heavy atom. The lowest BCUT2D eigenvalue weighted by Gasteiger charge is -1.98. The van der Waals surface area contributed by atoms with Crippen LogP contribution in [0.5, 0.6) is 0 Å². The Labute approximate surface area is 101 Å². The molecule has 0 amide bonds. The fraction of sp³-hybridized carbons (Fsp3) is 0.100. The Morgan fingerprint density at radius 1 is 1.14 bits per heavy atom. The van der Waals surface area contributed by atoms with Crippen LogP contribution in [0.2, 0.25) is 0 Å². The largest absolute Gasteiger partial charge is 0.140 e. The van der Waals surface area contributed by atoms with Crippen LogP contribution in [0.4, 0.5) is 0 Å². The summed E-state index contributed by atoms with van der Waals surface area (Å²) < 4.78 is 0.883. The maximum absolute atomic E-state index is 5.15. The number of benzene rings is 1. The monoisotopic (exact) mass is 256 g/mol. The molecule has 1 heterocycles. The summed E-state index contributed by atoms with van der Waals surface area (Å²) in [7, 11) is 3.31. The summed E-state index contributed by atoms with van der Waals surface area (Å²) in [6.07, 6.45) is 0. The summed E-state index contributed by atoms with van der Waals surface area (Å²) in [6, 6.07) is 8.44. The Balaban J connectivity index is 2.55. The topological polar surface area (TPSA) is 0 Å². The van der Waals surface area contributed by atoms with E-state index >= 15 is 0 Å². The van der Waals surface area contributed by atoms with Crippen molar-refractivity contribution in [2.24, 2.45) is 0 Å². The van der Waals surface area contributed by atoms with Crippen molar-refractivity contribution in [2.75, 3.05) is 0 Å². The summed E-state index contributed by atoms with van der Waals surface area (Å²) in [5, 5.41) is 0. The fourth-order valence-electron chi connectivity index (χ4n) is 1.14. The predicted molar refractivity (Wildman–Crippen MR) is 70.5 cm³/mol. The van der Waals surface area contributed by atoms with Crippen molar-refractivity contribution in [3.8, 4) is 10.4 Å². The van der Waals surface area contributed by atoms with Crippen LogP contribution in [0.1, 0.15) is 5.56 Å². The molecule has 0 saturated heterocycles. The van der Waals surface area contributed by atoms with Crippen molar-refractivity contribution in [1.82, 2.24) is 0 Å². The smallest absolute Gasteiger partial charge is 0.115 e. The van der Waals surface area contributed by atoms with E-state index in [0.717, 1.165) is 8.72 Å². The van der Waals surface area contributed by atoms with Gasteiger partial charge >= 0.3 is 0 Å². The van der Waals surface area contributed by atoms with Gasteiger partial charge in [-0.3, -0.25) is 0 Å². The lowest BCUT2D eigenvalue weighted by Crippen LogP contribution is -1.75. The molecule has 14 heavy (non-hydrogen) atoms. The van der Waals surface area contributed by atoms with Gasteiger partial charge < -0.3 is 0 Å². The minimum absolute atomic E-state index is 0.883. The minimum atomic E-state index is 0.883. The molecule has 0 atom stereocenters. The molecule has 0 fully saturated rings. The molecule has 0 aliphatic carbocycles. The molecule has 0 saturated carbocycles. The van der Waals surface area contributed by atoms with Crippen molar-refractivity contribution in [3.05, 3.63) is 33.7 Å². The summed E-state index contributed by atoms with van der Waals surface area (Å²) in [5.41, 5.74) is 2.48. The molecule has 0 N–H and O–H groups in total. The summed E-state index contributed by atoms with van der Waals surface area (Å²) in [6.45, 7) is 2.08. The van der Waals surface area contributed by atoms with E-state index in [0.29, 0.717) is 0 Å². The standard InChI is InChI=1S/C10H8S4/c1-6-2-4-7(5-3-6)9-8(11)10(12)14-13-9/h2-5,11H,1H3. The number of rotatable bonds is 1. The molecule has 0 bridgehead atoms. The highest BCUT2D eigenvalue weighted by molar-refractivity contribution is 7.85. The van der Waals surface area contributed by atoms with Gasteiger partial charge in [0.15, 0.2) is 0 Å². The van der Waals surface area contributed by atoms with Gasteiger partial charge in [0.2, 0.25) is 0 Å². The molecule has 0 aliphatic heterocycles. The minimum Gasteiger partial charge on any atom is -0.140 e. The number of hydrogen-bond acceptors (Lipinski definition) is 4. The molecule has 2 aromatic rings. The van der Waals surface area contributed by atoms with E-state index in [9.17, 15) is 0 Å². The third-order valence-corrected chi connectivity index (χ3v) is 5.89. The quantitative estimate of drug-likeness (QED) is 0.434. The Morgan fingerprint density at radius 3 is 2.29 bits per heavy atom. The van der Waals surface area contributed by atoms with Gasteiger partial charge in [-0.25, -0.2) is 0 Å². The molecule has 72 valence electrons. The van der Waals surface area contributed by atoms with Crippen molar-refractivity contribution in [3.63, 3.8) is 0 Å². The summed E-state index contributed by atoms with van der Waals surface area (Å²) in [5.74, 6) is 0. The first-order chi connectivity index (χ1) is 6.68. The van der Waals surface area contributed by atoms with Gasteiger partial charge in [-0.15, -0.1) is 12.6 Å². The van der Waals surface area contributed by atoms with Crippen LogP contribution in [-0.4, -0.2) is 0 Å².